The van der Waals surface area contributed by atoms with Gasteiger partial charge in [0, 0.05) is 17.1 Å². The maximum absolute atomic E-state index is 13.4. The van der Waals surface area contributed by atoms with Gasteiger partial charge in [-0.05, 0) is 30.2 Å². The summed E-state index contributed by atoms with van der Waals surface area (Å²) in [6, 6.07) is 13.7. The van der Waals surface area contributed by atoms with Crippen LogP contribution >= 0.6 is 0 Å². The Hall–Kier alpha value is -2.42. The van der Waals surface area contributed by atoms with Gasteiger partial charge in [0.25, 0.3) is 0 Å². The summed E-state index contributed by atoms with van der Waals surface area (Å²) in [4.78, 5) is 11.9. The molecule has 0 radical (unpaired) electrons. The summed E-state index contributed by atoms with van der Waals surface area (Å²) in [6.45, 7) is 1.42. The smallest absolute Gasteiger partial charge is 0.160 e. The van der Waals surface area contributed by atoms with Crippen LogP contribution in [0.25, 0.3) is 5.76 Å². The van der Waals surface area contributed by atoms with Crippen molar-refractivity contribution >= 4 is 11.5 Å². The third-order valence-corrected chi connectivity index (χ3v) is 3.64. The van der Waals surface area contributed by atoms with Crippen molar-refractivity contribution in [1.29, 1.82) is 0 Å². The largest absolute Gasteiger partial charge is 0.507 e. The van der Waals surface area contributed by atoms with Crippen LogP contribution in [-0.4, -0.2) is 10.9 Å². The number of hydrogen-bond donors (Lipinski definition) is 1. The normalized spacial score (nSPS) is 17.2. The number of rotatable bonds is 2. The second-order valence-corrected chi connectivity index (χ2v) is 4.89. The molecule has 0 heterocycles. The molecular weight excluding hydrogens is 255 g/mol. The van der Waals surface area contributed by atoms with Gasteiger partial charge in [0.05, 0.1) is 0 Å². The van der Waals surface area contributed by atoms with Gasteiger partial charge in [-0.25, -0.2) is 4.39 Å². The number of halogens is 1. The van der Waals surface area contributed by atoms with Crippen LogP contribution in [0, 0.1) is 5.82 Å². The highest BCUT2D eigenvalue weighted by molar-refractivity contribution is 6.04. The molecule has 0 fully saturated rings. The van der Waals surface area contributed by atoms with Crippen LogP contribution in [-0.2, 0) is 4.79 Å². The third-order valence-electron chi connectivity index (χ3n) is 3.64. The Morgan fingerprint density at radius 1 is 1.15 bits per heavy atom. The van der Waals surface area contributed by atoms with Gasteiger partial charge in [-0.1, -0.05) is 36.4 Å². The minimum atomic E-state index is -0.424. The predicted molar refractivity (Wildman–Crippen MR) is 74.9 cm³/mol. The van der Waals surface area contributed by atoms with Crippen LogP contribution in [0.5, 0.6) is 0 Å². The van der Waals surface area contributed by atoms with Crippen molar-refractivity contribution in [3.05, 3.63) is 76.6 Å². The third kappa shape index (κ3) is 1.83. The van der Waals surface area contributed by atoms with Crippen LogP contribution < -0.4 is 0 Å². The first-order valence-corrected chi connectivity index (χ1v) is 6.38. The number of carbonyl (C=O) groups excluding carboxylic acids is 1. The van der Waals surface area contributed by atoms with Crippen LogP contribution in [0.4, 0.5) is 4.39 Å². The topological polar surface area (TPSA) is 37.3 Å². The first kappa shape index (κ1) is 12.6. The maximum atomic E-state index is 13.4. The molecule has 1 N–H and O–H groups in total. The molecule has 0 bridgehead atoms. The number of benzene rings is 2. The Balaban J connectivity index is 2.26. The number of fused-ring (bicyclic) bond motifs is 1. The van der Waals surface area contributed by atoms with Gasteiger partial charge < -0.3 is 5.11 Å². The van der Waals surface area contributed by atoms with Gasteiger partial charge in [-0.3, -0.25) is 4.79 Å². The van der Waals surface area contributed by atoms with Crippen LogP contribution in [0.15, 0.2) is 54.1 Å². The molecule has 2 aromatic carbocycles. The minimum Gasteiger partial charge on any atom is -0.507 e. The second-order valence-electron chi connectivity index (χ2n) is 4.89. The van der Waals surface area contributed by atoms with E-state index in [1.165, 1.54) is 19.1 Å². The first-order valence-electron chi connectivity index (χ1n) is 6.38. The van der Waals surface area contributed by atoms with E-state index in [2.05, 4.69) is 0 Å². The summed E-state index contributed by atoms with van der Waals surface area (Å²) < 4.78 is 13.4. The number of carbonyl (C=O) groups is 1. The molecule has 0 aliphatic heterocycles. The summed E-state index contributed by atoms with van der Waals surface area (Å²) in [5.74, 6) is -1.06. The van der Waals surface area contributed by atoms with Crippen LogP contribution in [0.2, 0.25) is 0 Å². The summed E-state index contributed by atoms with van der Waals surface area (Å²) in [5, 5.41) is 10.3. The van der Waals surface area contributed by atoms with Gasteiger partial charge in [-0.15, -0.1) is 0 Å². The van der Waals surface area contributed by atoms with E-state index in [9.17, 15) is 14.3 Å². The minimum absolute atomic E-state index is 0.110. The molecule has 1 atom stereocenters. The molecule has 0 saturated carbocycles. The molecule has 2 aromatic rings. The summed E-state index contributed by atoms with van der Waals surface area (Å²) in [6.07, 6.45) is 0. The SMILES string of the molecule is CC(=O)C1=C(O)c2cc(F)ccc2[C@@H]1c1ccccc1. The zero-order valence-corrected chi connectivity index (χ0v) is 10.9. The molecule has 3 rings (SSSR count). The van der Waals surface area contributed by atoms with E-state index in [4.69, 9.17) is 0 Å². The lowest BCUT2D eigenvalue weighted by Gasteiger charge is -2.15. The van der Waals surface area contributed by atoms with E-state index in [1.807, 2.05) is 30.3 Å². The first-order chi connectivity index (χ1) is 9.59. The quantitative estimate of drug-likeness (QED) is 0.898. The van der Waals surface area contributed by atoms with Crippen molar-refractivity contribution in [3.8, 4) is 0 Å². The molecule has 3 heteroatoms. The number of hydrogen-bond acceptors (Lipinski definition) is 2. The van der Waals surface area contributed by atoms with Crippen LogP contribution in [0.1, 0.15) is 29.5 Å². The van der Waals surface area contributed by atoms with Crippen molar-refractivity contribution < 1.29 is 14.3 Å². The van der Waals surface area contributed by atoms with E-state index in [-0.39, 0.29) is 17.5 Å². The Bertz CT molecular complexity index is 717. The zero-order valence-electron chi connectivity index (χ0n) is 10.9. The molecule has 0 amide bonds. The standard InChI is InChI=1S/C17H13FO2/c1-10(19)15-16(11-5-3-2-4-6-11)13-8-7-12(18)9-14(13)17(15)20/h2-9,16,20H,1H3/t16-/m0/s1. The summed E-state index contributed by atoms with van der Waals surface area (Å²) in [5.41, 5.74) is 2.41. The average Bonchev–Trinajstić information content (AvgIpc) is 2.73. The van der Waals surface area contributed by atoms with Crippen molar-refractivity contribution in [3.63, 3.8) is 0 Å². The summed E-state index contributed by atoms with van der Waals surface area (Å²) >= 11 is 0. The molecule has 0 unspecified atom stereocenters. The van der Waals surface area contributed by atoms with Gasteiger partial charge in [0.15, 0.2) is 5.78 Å². The average molecular weight is 268 g/mol. The predicted octanol–water partition coefficient (Wildman–Crippen LogP) is 3.83. The van der Waals surface area contributed by atoms with Crippen molar-refractivity contribution in [1.82, 2.24) is 0 Å². The van der Waals surface area contributed by atoms with E-state index >= 15 is 0 Å². The fourth-order valence-electron chi connectivity index (χ4n) is 2.78. The van der Waals surface area contributed by atoms with Gasteiger partial charge in [0.1, 0.15) is 11.6 Å². The molecule has 20 heavy (non-hydrogen) atoms. The number of Topliss-reactive ketones (excluding diaryl/α,β-unsaturated/α-hetero) is 1. The summed E-state index contributed by atoms with van der Waals surface area (Å²) in [7, 11) is 0. The fraction of sp³-hybridized carbons (Fsp3) is 0.118. The monoisotopic (exact) mass is 268 g/mol. The lowest BCUT2D eigenvalue weighted by molar-refractivity contribution is -0.113. The van der Waals surface area contributed by atoms with E-state index in [0.717, 1.165) is 11.1 Å². The highest BCUT2D eigenvalue weighted by atomic mass is 19.1. The number of aliphatic hydroxyl groups excluding tert-OH is 1. The fourth-order valence-corrected chi connectivity index (χ4v) is 2.78. The van der Waals surface area contributed by atoms with Crippen molar-refractivity contribution in [2.24, 2.45) is 0 Å². The van der Waals surface area contributed by atoms with E-state index in [1.54, 1.807) is 6.07 Å². The lowest BCUT2D eigenvalue weighted by atomic mass is 9.87. The molecule has 100 valence electrons. The van der Waals surface area contributed by atoms with Gasteiger partial charge in [0.2, 0.25) is 0 Å². The molecule has 0 aromatic heterocycles. The van der Waals surface area contributed by atoms with Crippen LogP contribution in [0.3, 0.4) is 0 Å². The molecule has 2 nitrogen and oxygen atoms in total. The van der Waals surface area contributed by atoms with Crippen molar-refractivity contribution in [2.45, 2.75) is 12.8 Å². The van der Waals surface area contributed by atoms with E-state index in [0.29, 0.717) is 11.1 Å². The Labute approximate surface area is 116 Å². The molecule has 0 saturated heterocycles. The second kappa shape index (κ2) is 4.60. The van der Waals surface area contributed by atoms with Crippen molar-refractivity contribution in [2.75, 3.05) is 0 Å². The number of allylic oxidation sites excluding steroid dienone is 1. The zero-order chi connectivity index (χ0) is 14.3. The molecule has 1 aliphatic carbocycles. The van der Waals surface area contributed by atoms with Gasteiger partial charge in [-0.2, -0.15) is 0 Å². The Kier molecular flexibility index (Phi) is 2.90. The van der Waals surface area contributed by atoms with E-state index < -0.39 is 5.82 Å². The molecule has 0 spiro atoms. The highest BCUT2D eigenvalue weighted by Gasteiger charge is 2.35. The molecule has 1 aliphatic rings. The Morgan fingerprint density at radius 3 is 2.50 bits per heavy atom. The lowest BCUT2D eigenvalue weighted by Crippen LogP contribution is -2.07. The number of aliphatic hydroxyl groups is 1. The highest BCUT2D eigenvalue weighted by Crippen LogP contribution is 2.44. The Morgan fingerprint density at radius 2 is 1.85 bits per heavy atom. The number of ketones is 1. The molecular formula is C17H13FO2. The maximum Gasteiger partial charge on any atom is 0.160 e. The van der Waals surface area contributed by atoms with Gasteiger partial charge >= 0.3 is 0 Å².